The van der Waals surface area contributed by atoms with Crippen LogP contribution in [-0.4, -0.2) is 17.0 Å². The summed E-state index contributed by atoms with van der Waals surface area (Å²) in [7, 11) is 0. The fraction of sp³-hybridized carbons (Fsp3) is 0.259. The van der Waals surface area contributed by atoms with E-state index in [2.05, 4.69) is 43.2 Å². The van der Waals surface area contributed by atoms with Crippen molar-refractivity contribution >= 4 is 22.7 Å². The molecule has 3 aromatic carbocycles. The second-order valence-corrected chi connectivity index (χ2v) is 8.29. The summed E-state index contributed by atoms with van der Waals surface area (Å²) in [5, 5.41) is 2.93. The van der Waals surface area contributed by atoms with Crippen LogP contribution in [0.1, 0.15) is 56.0 Å². The fourth-order valence-corrected chi connectivity index (χ4v) is 3.34. The number of aromatic nitrogens is 1. The van der Waals surface area contributed by atoms with E-state index in [1.54, 1.807) is 12.1 Å². The third-order valence-corrected chi connectivity index (χ3v) is 5.50. The molecule has 0 radical (unpaired) electrons. The Bertz CT molecular complexity index is 1210. The monoisotopic (exact) mass is 428 g/mol. The first-order chi connectivity index (χ1) is 15.4. The minimum Gasteiger partial charge on any atom is -0.491 e. The second kappa shape index (κ2) is 9.27. The van der Waals surface area contributed by atoms with Gasteiger partial charge in [-0.25, -0.2) is 4.98 Å². The minimum atomic E-state index is -0.188. The van der Waals surface area contributed by atoms with Crippen molar-refractivity contribution < 1.29 is 13.9 Å². The summed E-state index contributed by atoms with van der Waals surface area (Å²) in [6.45, 7) is 8.43. The molecule has 4 rings (SSSR count). The zero-order valence-electron chi connectivity index (χ0n) is 18.9. The average molecular weight is 429 g/mol. The molecule has 1 heterocycles. The van der Waals surface area contributed by atoms with Gasteiger partial charge in [-0.1, -0.05) is 32.9 Å². The van der Waals surface area contributed by atoms with E-state index in [0.29, 0.717) is 34.2 Å². The Hall–Kier alpha value is -3.60. The van der Waals surface area contributed by atoms with E-state index in [-0.39, 0.29) is 12.0 Å². The van der Waals surface area contributed by atoms with E-state index in [0.717, 1.165) is 17.7 Å². The van der Waals surface area contributed by atoms with Gasteiger partial charge in [0.2, 0.25) is 5.89 Å². The number of hydrogen-bond donors (Lipinski definition) is 1. The van der Waals surface area contributed by atoms with Crippen molar-refractivity contribution in [3.8, 4) is 17.2 Å². The highest BCUT2D eigenvalue weighted by Gasteiger charge is 2.12. The molecule has 1 aromatic heterocycles. The van der Waals surface area contributed by atoms with Gasteiger partial charge in [-0.15, -0.1) is 0 Å². The minimum absolute atomic E-state index is 0.141. The van der Waals surface area contributed by atoms with E-state index in [9.17, 15) is 4.79 Å². The normalized spacial score (nSPS) is 12.2. The molecule has 5 nitrogen and oxygen atoms in total. The van der Waals surface area contributed by atoms with Crippen LogP contribution < -0.4 is 10.1 Å². The zero-order valence-corrected chi connectivity index (χ0v) is 18.9. The average Bonchev–Trinajstić information content (AvgIpc) is 3.23. The van der Waals surface area contributed by atoms with Gasteiger partial charge < -0.3 is 14.5 Å². The van der Waals surface area contributed by atoms with Gasteiger partial charge in [-0.3, -0.25) is 4.79 Å². The number of rotatable bonds is 7. The maximum atomic E-state index is 12.7. The fourth-order valence-electron chi connectivity index (χ4n) is 3.34. The van der Waals surface area contributed by atoms with Gasteiger partial charge in [-0.05, 0) is 79.4 Å². The van der Waals surface area contributed by atoms with Crippen LogP contribution in [0.2, 0.25) is 0 Å². The first kappa shape index (κ1) is 21.6. The number of carbonyl (C=O) groups is 1. The molecule has 1 atom stereocenters. The highest BCUT2D eigenvalue weighted by Crippen LogP contribution is 2.28. The molecule has 1 amide bonds. The number of anilines is 1. The summed E-state index contributed by atoms with van der Waals surface area (Å²) in [4.78, 5) is 17.3. The number of ether oxygens (including phenoxy) is 1. The van der Waals surface area contributed by atoms with Crippen molar-refractivity contribution in [2.24, 2.45) is 0 Å². The standard InChI is InChI=1S/C27H28N2O3/c1-5-18(4)31-23-13-10-20(11-14-23)26(30)28-22-12-15-25-24(16-22)29-27(32-25)21-8-6-19(7-9-21)17(2)3/h6-18H,5H2,1-4H3,(H,28,30)/t18-/m0/s1. The molecule has 0 saturated carbocycles. The number of oxazole rings is 1. The van der Waals surface area contributed by atoms with Crippen molar-refractivity contribution in [1.82, 2.24) is 4.98 Å². The van der Waals surface area contributed by atoms with Crippen LogP contribution in [-0.2, 0) is 0 Å². The van der Waals surface area contributed by atoms with Gasteiger partial charge in [0.25, 0.3) is 5.91 Å². The molecule has 0 saturated heterocycles. The zero-order chi connectivity index (χ0) is 22.7. The summed E-state index contributed by atoms with van der Waals surface area (Å²) in [6, 6.07) is 20.9. The van der Waals surface area contributed by atoms with Crippen molar-refractivity contribution in [3.05, 3.63) is 77.9 Å². The number of amides is 1. The maximum absolute atomic E-state index is 12.7. The van der Waals surface area contributed by atoms with Crippen LogP contribution in [0, 0.1) is 0 Å². The summed E-state index contributed by atoms with van der Waals surface area (Å²) in [5.74, 6) is 1.61. The number of nitrogens with one attached hydrogen (secondary N) is 1. The molecule has 164 valence electrons. The van der Waals surface area contributed by atoms with Crippen LogP contribution in [0.5, 0.6) is 5.75 Å². The number of benzene rings is 3. The van der Waals surface area contributed by atoms with Gasteiger partial charge in [-0.2, -0.15) is 0 Å². The molecule has 32 heavy (non-hydrogen) atoms. The lowest BCUT2D eigenvalue weighted by molar-refractivity contribution is 0.102. The van der Waals surface area contributed by atoms with Crippen LogP contribution in [0.4, 0.5) is 5.69 Å². The van der Waals surface area contributed by atoms with Gasteiger partial charge in [0.05, 0.1) is 6.10 Å². The van der Waals surface area contributed by atoms with Gasteiger partial charge in [0.1, 0.15) is 11.3 Å². The van der Waals surface area contributed by atoms with Crippen LogP contribution >= 0.6 is 0 Å². The Balaban J connectivity index is 1.48. The van der Waals surface area contributed by atoms with E-state index >= 15 is 0 Å². The van der Waals surface area contributed by atoms with E-state index in [4.69, 9.17) is 9.15 Å². The summed E-state index contributed by atoms with van der Waals surface area (Å²) >= 11 is 0. The first-order valence-electron chi connectivity index (χ1n) is 11.0. The van der Waals surface area contributed by atoms with Crippen LogP contribution in [0.15, 0.2) is 71.1 Å². The molecule has 4 aromatic rings. The molecule has 1 N–H and O–H groups in total. The highest BCUT2D eigenvalue weighted by molar-refractivity contribution is 6.05. The Morgan fingerprint density at radius 3 is 2.38 bits per heavy atom. The summed E-state index contributed by atoms with van der Waals surface area (Å²) in [5.41, 5.74) is 4.80. The molecular weight excluding hydrogens is 400 g/mol. The predicted octanol–water partition coefficient (Wildman–Crippen LogP) is 7.05. The number of nitrogens with zero attached hydrogens (tertiary/aromatic N) is 1. The first-order valence-corrected chi connectivity index (χ1v) is 11.0. The number of fused-ring (bicyclic) bond motifs is 1. The highest BCUT2D eigenvalue weighted by atomic mass is 16.5. The molecular formula is C27H28N2O3. The van der Waals surface area contributed by atoms with Crippen LogP contribution in [0.3, 0.4) is 0 Å². The lowest BCUT2D eigenvalue weighted by atomic mass is 10.0. The number of carbonyl (C=O) groups excluding carboxylic acids is 1. The largest absolute Gasteiger partial charge is 0.491 e. The predicted molar refractivity (Wildman–Crippen MR) is 128 cm³/mol. The molecule has 5 heteroatoms. The molecule has 0 bridgehead atoms. The molecule has 0 aliphatic heterocycles. The Labute approximate surface area is 188 Å². The van der Waals surface area contributed by atoms with Gasteiger partial charge in [0.15, 0.2) is 5.58 Å². The van der Waals surface area contributed by atoms with Crippen molar-refractivity contribution in [3.63, 3.8) is 0 Å². The molecule has 0 spiro atoms. The van der Waals surface area contributed by atoms with Crippen molar-refractivity contribution in [1.29, 1.82) is 0 Å². The molecule has 0 aliphatic rings. The second-order valence-electron chi connectivity index (χ2n) is 8.29. The molecule has 0 fully saturated rings. The number of hydrogen-bond acceptors (Lipinski definition) is 4. The van der Waals surface area contributed by atoms with E-state index < -0.39 is 0 Å². The Morgan fingerprint density at radius 2 is 1.72 bits per heavy atom. The third-order valence-electron chi connectivity index (χ3n) is 5.50. The molecule has 0 unspecified atom stereocenters. The van der Waals surface area contributed by atoms with E-state index in [1.165, 1.54) is 5.56 Å². The smallest absolute Gasteiger partial charge is 0.255 e. The topological polar surface area (TPSA) is 64.4 Å². The Morgan fingerprint density at radius 1 is 1.00 bits per heavy atom. The van der Waals surface area contributed by atoms with E-state index in [1.807, 2.05) is 49.4 Å². The summed E-state index contributed by atoms with van der Waals surface area (Å²) < 4.78 is 11.7. The van der Waals surface area contributed by atoms with Gasteiger partial charge >= 0.3 is 0 Å². The van der Waals surface area contributed by atoms with Crippen molar-refractivity contribution in [2.45, 2.75) is 46.1 Å². The lowest BCUT2D eigenvalue weighted by Crippen LogP contribution is -2.12. The SMILES string of the molecule is CC[C@H](C)Oc1ccc(C(=O)Nc2ccc3oc(-c4ccc(C(C)C)cc4)nc3c2)cc1. The Kier molecular flexibility index (Phi) is 6.26. The third kappa shape index (κ3) is 4.83. The lowest BCUT2D eigenvalue weighted by Gasteiger charge is -2.12. The maximum Gasteiger partial charge on any atom is 0.255 e. The van der Waals surface area contributed by atoms with Gasteiger partial charge in [0, 0.05) is 16.8 Å². The van der Waals surface area contributed by atoms with Crippen LogP contribution in [0.25, 0.3) is 22.6 Å². The summed E-state index contributed by atoms with van der Waals surface area (Å²) in [6.07, 6.45) is 1.07. The van der Waals surface area contributed by atoms with Crippen molar-refractivity contribution in [2.75, 3.05) is 5.32 Å². The quantitative estimate of drug-likeness (QED) is 0.343. The molecule has 0 aliphatic carbocycles.